The Morgan fingerprint density at radius 2 is 1.50 bits per heavy atom. The van der Waals surface area contributed by atoms with Crippen molar-refractivity contribution >= 4 is 11.9 Å². The number of carbonyl (C=O) groups excluding carboxylic acids is 2. The van der Waals surface area contributed by atoms with Crippen LogP contribution in [0.1, 0.15) is 32.3 Å². The van der Waals surface area contributed by atoms with Gasteiger partial charge in [0, 0.05) is 32.5 Å². The first-order valence-corrected chi connectivity index (χ1v) is 7.62. The number of esters is 2. The molecule has 0 aliphatic carbocycles. The predicted octanol–water partition coefficient (Wildman–Crippen LogP) is 2.15. The summed E-state index contributed by atoms with van der Waals surface area (Å²) in [5, 5.41) is 0. The number of benzene rings is 1. The highest BCUT2D eigenvalue weighted by Gasteiger charge is 2.34. The number of likely N-dealkylation sites (tertiary alicyclic amines) is 1. The third-order valence-electron chi connectivity index (χ3n) is 3.94. The fraction of sp³-hybridized carbons (Fsp3) is 0.529. The Kier molecular flexibility index (Phi) is 5.95. The summed E-state index contributed by atoms with van der Waals surface area (Å²) in [4.78, 5) is 24.4. The molecule has 5 nitrogen and oxygen atoms in total. The van der Waals surface area contributed by atoms with Crippen molar-refractivity contribution in [1.29, 1.82) is 0 Å². The zero-order valence-corrected chi connectivity index (χ0v) is 13.2. The van der Waals surface area contributed by atoms with Crippen LogP contribution in [0.2, 0.25) is 0 Å². The van der Waals surface area contributed by atoms with Gasteiger partial charge in [0.1, 0.15) is 13.2 Å². The zero-order chi connectivity index (χ0) is 15.9. The summed E-state index contributed by atoms with van der Waals surface area (Å²) in [7, 11) is 0. The lowest BCUT2D eigenvalue weighted by molar-refractivity contribution is -0.143. The summed E-state index contributed by atoms with van der Waals surface area (Å²) < 4.78 is 10.4. The quantitative estimate of drug-likeness (QED) is 0.754. The second-order valence-electron chi connectivity index (χ2n) is 5.65. The van der Waals surface area contributed by atoms with E-state index in [2.05, 4.69) is 17.0 Å². The van der Waals surface area contributed by atoms with Crippen LogP contribution >= 0.6 is 0 Å². The smallest absolute Gasteiger partial charge is 0.302 e. The molecule has 1 aliphatic heterocycles. The second-order valence-corrected chi connectivity index (χ2v) is 5.65. The van der Waals surface area contributed by atoms with E-state index >= 15 is 0 Å². The summed E-state index contributed by atoms with van der Waals surface area (Å²) >= 11 is 0. The molecular weight excluding hydrogens is 282 g/mol. The maximum atomic E-state index is 11.1. The van der Waals surface area contributed by atoms with Gasteiger partial charge in [-0.05, 0) is 18.4 Å². The zero-order valence-electron chi connectivity index (χ0n) is 13.2. The number of hydrogen-bond donors (Lipinski definition) is 0. The largest absolute Gasteiger partial charge is 0.464 e. The van der Waals surface area contributed by atoms with Gasteiger partial charge in [-0.1, -0.05) is 30.3 Å². The minimum absolute atomic E-state index is 0.171. The Balaban J connectivity index is 2.03. The molecule has 0 saturated carbocycles. The maximum Gasteiger partial charge on any atom is 0.302 e. The normalized spacial score (nSPS) is 21.5. The highest BCUT2D eigenvalue weighted by atomic mass is 16.5. The third-order valence-corrected chi connectivity index (χ3v) is 3.94. The average Bonchev–Trinajstić information content (AvgIpc) is 2.86. The van der Waals surface area contributed by atoms with E-state index in [1.54, 1.807) is 0 Å². The molecule has 0 radical (unpaired) electrons. The summed E-state index contributed by atoms with van der Waals surface area (Å²) in [5.41, 5.74) is 1.20. The molecule has 2 atom stereocenters. The van der Waals surface area contributed by atoms with Crippen molar-refractivity contribution < 1.29 is 19.1 Å². The van der Waals surface area contributed by atoms with Gasteiger partial charge in [-0.2, -0.15) is 0 Å². The number of carbonyl (C=O) groups is 2. The highest BCUT2D eigenvalue weighted by molar-refractivity contribution is 5.66. The van der Waals surface area contributed by atoms with Crippen molar-refractivity contribution in [3.63, 3.8) is 0 Å². The van der Waals surface area contributed by atoms with Crippen LogP contribution in [0.25, 0.3) is 0 Å². The lowest BCUT2D eigenvalue weighted by atomic mass is 10.2. The molecule has 0 aromatic heterocycles. The van der Waals surface area contributed by atoms with Crippen molar-refractivity contribution in [1.82, 2.24) is 4.90 Å². The van der Waals surface area contributed by atoms with E-state index in [0.717, 1.165) is 19.4 Å². The first-order valence-electron chi connectivity index (χ1n) is 7.62. The van der Waals surface area contributed by atoms with Crippen molar-refractivity contribution in [2.75, 3.05) is 13.2 Å². The van der Waals surface area contributed by atoms with Crippen molar-refractivity contribution in [3.05, 3.63) is 35.9 Å². The minimum Gasteiger partial charge on any atom is -0.464 e. The van der Waals surface area contributed by atoms with Crippen LogP contribution in [0.15, 0.2) is 30.3 Å². The molecule has 0 spiro atoms. The Hall–Kier alpha value is -1.88. The number of hydrogen-bond acceptors (Lipinski definition) is 5. The van der Waals surface area contributed by atoms with Crippen LogP contribution in [-0.2, 0) is 25.6 Å². The average molecular weight is 305 g/mol. The Morgan fingerprint density at radius 1 is 1.00 bits per heavy atom. The van der Waals surface area contributed by atoms with Gasteiger partial charge >= 0.3 is 11.9 Å². The van der Waals surface area contributed by atoms with Crippen LogP contribution in [0.5, 0.6) is 0 Å². The molecular formula is C17H23NO4. The van der Waals surface area contributed by atoms with Gasteiger partial charge in [0.05, 0.1) is 0 Å². The SMILES string of the molecule is CC(=O)OC[C@H]1CC[C@H](COC(C)=O)N1Cc1ccccc1. The molecule has 1 heterocycles. The lowest BCUT2D eigenvalue weighted by Gasteiger charge is -2.29. The molecule has 120 valence electrons. The van der Waals surface area contributed by atoms with Crippen LogP contribution in [0, 0.1) is 0 Å². The molecule has 0 bridgehead atoms. The number of rotatable bonds is 6. The van der Waals surface area contributed by atoms with E-state index in [1.165, 1.54) is 19.4 Å². The van der Waals surface area contributed by atoms with Gasteiger partial charge in [0.15, 0.2) is 0 Å². The van der Waals surface area contributed by atoms with Gasteiger partial charge in [-0.25, -0.2) is 0 Å². The Morgan fingerprint density at radius 3 is 1.95 bits per heavy atom. The van der Waals surface area contributed by atoms with Crippen LogP contribution in [-0.4, -0.2) is 42.1 Å². The summed E-state index contributed by atoms with van der Waals surface area (Å²) in [6.07, 6.45) is 1.87. The molecule has 5 heteroatoms. The van der Waals surface area contributed by atoms with Gasteiger partial charge < -0.3 is 9.47 Å². The number of nitrogens with zero attached hydrogens (tertiary/aromatic N) is 1. The summed E-state index contributed by atoms with van der Waals surface area (Å²) in [6.45, 7) is 4.38. The number of ether oxygens (including phenoxy) is 2. The van der Waals surface area contributed by atoms with Crippen molar-refractivity contribution in [3.8, 4) is 0 Å². The Labute approximate surface area is 131 Å². The van der Waals surface area contributed by atoms with Crippen LogP contribution < -0.4 is 0 Å². The van der Waals surface area contributed by atoms with E-state index < -0.39 is 0 Å². The Bertz CT molecular complexity index is 477. The van der Waals surface area contributed by atoms with Crippen LogP contribution in [0.3, 0.4) is 0 Å². The van der Waals surface area contributed by atoms with Gasteiger partial charge in [-0.3, -0.25) is 14.5 Å². The first-order chi connectivity index (χ1) is 10.6. The standard InChI is InChI=1S/C17H23NO4/c1-13(19)21-11-16-8-9-17(12-22-14(2)20)18(16)10-15-6-4-3-5-7-15/h3-7,16-17H,8-12H2,1-2H3/t16-,17-/m1/s1. The van der Waals surface area contributed by atoms with Gasteiger partial charge in [0.25, 0.3) is 0 Å². The van der Waals surface area contributed by atoms with E-state index in [0.29, 0.717) is 13.2 Å². The molecule has 1 aromatic rings. The molecule has 1 aliphatic rings. The topological polar surface area (TPSA) is 55.8 Å². The van der Waals surface area contributed by atoms with E-state index in [9.17, 15) is 9.59 Å². The fourth-order valence-corrected chi connectivity index (χ4v) is 2.85. The van der Waals surface area contributed by atoms with Crippen molar-refractivity contribution in [2.45, 2.75) is 45.3 Å². The molecule has 1 aromatic carbocycles. The van der Waals surface area contributed by atoms with E-state index in [1.807, 2.05) is 18.2 Å². The maximum absolute atomic E-state index is 11.1. The summed E-state index contributed by atoms with van der Waals surface area (Å²) in [6, 6.07) is 10.5. The third kappa shape index (κ3) is 4.84. The molecule has 1 saturated heterocycles. The monoisotopic (exact) mass is 305 g/mol. The minimum atomic E-state index is -0.261. The predicted molar refractivity (Wildman–Crippen MR) is 82.1 cm³/mol. The second kappa shape index (κ2) is 7.94. The van der Waals surface area contributed by atoms with Gasteiger partial charge in [-0.15, -0.1) is 0 Å². The highest BCUT2D eigenvalue weighted by Crippen LogP contribution is 2.27. The molecule has 0 N–H and O–H groups in total. The molecule has 2 rings (SSSR count). The molecule has 0 unspecified atom stereocenters. The van der Waals surface area contributed by atoms with Gasteiger partial charge in [0.2, 0.25) is 0 Å². The van der Waals surface area contributed by atoms with E-state index in [4.69, 9.17) is 9.47 Å². The molecule has 0 amide bonds. The van der Waals surface area contributed by atoms with Crippen molar-refractivity contribution in [2.24, 2.45) is 0 Å². The first kappa shape index (κ1) is 16.5. The molecule has 22 heavy (non-hydrogen) atoms. The summed E-state index contributed by atoms with van der Waals surface area (Å²) in [5.74, 6) is -0.522. The van der Waals surface area contributed by atoms with E-state index in [-0.39, 0.29) is 24.0 Å². The molecule has 1 fully saturated rings. The van der Waals surface area contributed by atoms with Crippen LogP contribution in [0.4, 0.5) is 0 Å². The fourth-order valence-electron chi connectivity index (χ4n) is 2.85. The lowest BCUT2D eigenvalue weighted by Crippen LogP contribution is -2.40.